The minimum atomic E-state index is -0.502. The van der Waals surface area contributed by atoms with E-state index in [-0.39, 0.29) is 9.65 Å². The van der Waals surface area contributed by atoms with Crippen LogP contribution >= 0.6 is 31.9 Å². The van der Waals surface area contributed by atoms with Crippen LogP contribution in [0.3, 0.4) is 0 Å². The summed E-state index contributed by atoms with van der Waals surface area (Å²) in [7, 11) is 0. The van der Waals surface area contributed by atoms with Crippen molar-refractivity contribution in [2.24, 2.45) is 0 Å². The van der Waals surface area contributed by atoms with Crippen LogP contribution < -0.4 is 0 Å². The van der Waals surface area contributed by atoms with E-state index in [1.807, 2.05) is 84.9 Å². The van der Waals surface area contributed by atoms with Crippen LogP contribution in [-0.2, 0) is 19.1 Å². The topological polar surface area (TPSA) is 52.6 Å². The van der Waals surface area contributed by atoms with E-state index in [1.165, 1.54) is 0 Å². The molecule has 3 aromatic rings. The molecule has 4 nitrogen and oxygen atoms in total. The van der Waals surface area contributed by atoms with Gasteiger partial charge in [-0.1, -0.05) is 117 Å². The van der Waals surface area contributed by atoms with Gasteiger partial charge in [-0.25, -0.2) is 0 Å². The van der Waals surface area contributed by atoms with Crippen molar-refractivity contribution in [1.29, 1.82) is 0 Å². The molecule has 154 valence electrons. The molecule has 0 saturated heterocycles. The molecule has 0 fully saturated rings. The number of halogens is 2. The zero-order valence-corrected chi connectivity index (χ0v) is 19.1. The van der Waals surface area contributed by atoms with Crippen LogP contribution in [0.2, 0.25) is 0 Å². The Balaban J connectivity index is 1.86. The number of alkyl halides is 2. The van der Waals surface area contributed by atoms with Crippen molar-refractivity contribution < 1.29 is 19.1 Å². The molecular formula is C24H20Br2O4. The predicted octanol–water partition coefficient (Wildman–Crippen LogP) is 6.39. The van der Waals surface area contributed by atoms with E-state index >= 15 is 0 Å². The summed E-state index contributed by atoms with van der Waals surface area (Å²) < 4.78 is 10.8. The molecule has 0 radical (unpaired) electrons. The first kappa shape index (κ1) is 22.2. The highest BCUT2D eigenvalue weighted by Gasteiger charge is 2.27. The number of carbonyl (C=O) groups is 2. The van der Waals surface area contributed by atoms with Crippen molar-refractivity contribution in [3.05, 3.63) is 107 Å². The Morgan fingerprint density at radius 2 is 0.867 bits per heavy atom. The number of hydrogen-bond acceptors (Lipinski definition) is 4. The molecule has 0 aliphatic heterocycles. The lowest BCUT2D eigenvalue weighted by molar-refractivity contribution is -0.134. The van der Waals surface area contributed by atoms with E-state index in [4.69, 9.17) is 9.47 Å². The van der Waals surface area contributed by atoms with Gasteiger partial charge in [0, 0.05) is 0 Å². The highest BCUT2D eigenvalue weighted by Crippen LogP contribution is 2.41. The highest BCUT2D eigenvalue weighted by molar-refractivity contribution is 9.09. The molecule has 4 atom stereocenters. The molecule has 30 heavy (non-hydrogen) atoms. The molecule has 0 bridgehead atoms. The van der Waals surface area contributed by atoms with Crippen LogP contribution in [0.4, 0.5) is 0 Å². The first-order valence-corrected chi connectivity index (χ1v) is 11.1. The van der Waals surface area contributed by atoms with Crippen LogP contribution in [0.15, 0.2) is 84.9 Å². The fourth-order valence-corrected chi connectivity index (χ4v) is 4.72. The molecule has 0 amide bonds. The first-order chi connectivity index (χ1) is 14.7. The largest absolute Gasteiger partial charge is 0.458 e. The molecular weight excluding hydrogens is 512 g/mol. The summed E-state index contributed by atoms with van der Waals surface area (Å²) in [4.78, 5) is 21.8. The van der Waals surface area contributed by atoms with E-state index in [1.54, 1.807) is 0 Å². The fourth-order valence-electron chi connectivity index (χ4n) is 3.25. The molecule has 4 unspecified atom stereocenters. The second-order valence-corrected chi connectivity index (χ2v) is 8.57. The number of benzene rings is 3. The lowest BCUT2D eigenvalue weighted by Crippen LogP contribution is -2.12. The van der Waals surface area contributed by atoms with Gasteiger partial charge in [-0.15, -0.1) is 0 Å². The summed E-state index contributed by atoms with van der Waals surface area (Å²) in [6, 6.07) is 27.0. The maximum atomic E-state index is 11.1. The Hall–Kier alpha value is -2.44. The summed E-state index contributed by atoms with van der Waals surface area (Å²) in [5.41, 5.74) is 3.65. The van der Waals surface area contributed by atoms with Crippen LogP contribution in [0.25, 0.3) is 0 Å². The molecule has 0 saturated carbocycles. The number of ether oxygens (including phenoxy) is 2. The van der Waals surface area contributed by atoms with Crippen molar-refractivity contribution in [2.75, 3.05) is 0 Å². The maximum absolute atomic E-state index is 11.1. The van der Waals surface area contributed by atoms with Gasteiger partial charge in [0.1, 0.15) is 12.2 Å². The van der Waals surface area contributed by atoms with Crippen molar-refractivity contribution in [3.8, 4) is 0 Å². The number of rotatable bonds is 10. The number of hydrogen-bond donors (Lipinski definition) is 0. The van der Waals surface area contributed by atoms with E-state index < -0.39 is 12.2 Å². The second kappa shape index (κ2) is 11.1. The Bertz CT molecular complexity index is 854. The molecule has 0 aliphatic carbocycles. The first-order valence-electron chi connectivity index (χ1n) is 9.31. The van der Waals surface area contributed by atoms with Crippen molar-refractivity contribution in [3.63, 3.8) is 0 Å². The average Bonchev–Trinajstić information content (AvgIpc) is 2.81. The number of carbonyl (C=O) groups excluding carboxylic acids is 2. The zero-order valence-electron chi connectivity index (χ0n) is 15.9. The van der Waals surface area contributed by atoms with E-state index in [2.05, 4.69) is 31.9 Å². The summed E-state index contributed by atoms with van der Waals surface area (Å²) in [5, 5.41) is 0. The molecule has 0 heterocycles. The third-order valence-electron chi connectivity index (χ3n) is 4.77. The van der Waals surface area contributed by atoms with Gasteiger partial charge in [0.15, 0.2) is 0 Å². The van der Waals surface area contributed by atoms with Crippen LogP contribution in [0, 0.1) is 0 Å². The van der Waals surface area contributed by atoms with E-state index in [9.17, 15) is 9.59 Å². The normalized spacial score (nSPS) is 14.7. The van der Waals surface area contributed by atoms with Crippen molar-refractivity contribution >= 4 is 44.8 Å². The van der Waals surface area contributed by atoms with Crippen molar-refractivity contribution in [1.82, 2.24) is 0 Å². The van der Waals surface area contributed by atoms with Gasteiger partial charge < -0.3 is 9.47 Å². The smallest absolute Gasteiger partial charge is 0.293 e. The lowest BCUT2D eigenvalue weighted by atomic mass is 9.96. The maximum Gasteiger partial charge on any atom is 0.293 e. The average molecular weight is 532 g/mol. The zero-order chi connectivity index (χ0) is 21.3. The van der Waals surface area contributed by atoms with Gasteiger partial charge in [0.05, 0.1) is 9.65 Å². The van der Waals surface area contributed by atoms with E-state index in [0.29, 0.717) is 12.9 Å². The third kappa shape index (κ3) is 5.37. The van der Waals surface area contributed by atoms with Gasteiger partial charge in [-0.3, -0.25) is 9.59 Å². The van der Waals surface area contributed by atoms with Crippen LogP contribution in [-0.4, -0.2) is 12.9 Å². The molecule has 0 aliphatic rings. The fraction of sp³-hybridized carbons (Fsp3) is 0.167. The van der Waals surface area contributed by atoms with Gasteiger partial charge in [-0.05, 0) is 22.3 Å². The molecule has 6 heteroatoms. The Morgan fingerprint density at radius 1 is 0.533 bits per heavy atom. The van der Waals surface area contributed by atoms with Crippen LogP contribution in [0.1, 0.15) is 44.1 Å². The molecule has 3 aromatic carbocycles. The van der Waals surface area contributed by atoms with Gasteiger partial charge in [0.2, 0.25) is 0 Å². The Morgan fingerprint density at radius 3 is 1.17 bits per heavy atom. The second-order valence-electron chi connectivity index (χ2n) is 6.60. The summed E-state index contributed by atoms with van der Waals surface area (Å²) in [6.07, 6.45) is -1.00. The standard InChI is InChI=1S/C24H20Br2O4/c25-21(17-7-3-1-4-8-17)23(29-15-27)19-11-13-20(14-12-19)24(30-16-28)22(26)18-9-5-2-6-10-18/h1-16,21-24H. The monoisotopic (exact) mass is 530 g/mol. The van der Waals surface area contributed by atoms with Gasteiger partial charge in [0.25, 0.3) is 12.9 Å². The third-order valence-corrected chi connectivity index (χ3v) is 6.78. The minimum absolute atomic E-state index is 0.204. The highest BCUT2D eigenvalue weighted by atomic mass is 79.9. The summed E-state index contributed by atoms with van der Waals surface area (Å²) in [5.74, 6) is 0. The van der Waals surface area contributed by atoms with Gasteiger partial charge in [-0.2, -0.15) is 0 Å². The van der Waals surface area contributed by atoms with Crippen LogP contribution in [0.5, 0.6) is 0 Å². The Labute approximate surface area is 192 Å². The Kier molecular flexibility index (Phi) is 8.22. The quantitative estimate of drug-likeness (QED) is 0.225. The lowest BCUT2D eigenvalue weighted by Gasteiger charge is -2.24. The summed E-state index contributed by atoms with van der Waals surface area (Å²) >= 11 is 7.31. The van der Waals surface area contributed by atoms with Gasteiger partial charge >= 0.3 is 0 Å². The molecule has 0 N–H and O–H groups in total. The molecule has 0 spiro atoms. The van der Waals surface area contributed by atoms with Crippen molar-refractivity contribution in [2.45, 2.75) is 21.9 Å². The predicted molar refractivity (Wildman–Crippen MR) is 122 cm³/mol. The SMILES string of the molecule is O=COC(c1ccc(C(OC=O)C(Br)c2ccccc2)cc1)C(Br)c1ccccc1. The molecule has 0 aromatic heterocycles. The molecule has 3 rings (SSSR count). The summed E-state index contributed by atoms with van der Waals surface area (Å²) in [6.45, 7) is 0.913. The van der Waals surface area contributed by atoms with E-state index in [0.717, 1.165) is 22.3 Å². The minimum Gasteiger partial charge on any atom is -0.458 e.